The van der Waals surface area contributed by atoms with Gasteiger partial charge in [-0.3, -0.25) is 0 Å². The van der Waals surface area contributed by atoms with Crippen molar-refractivity contribution >= 4 is 34.1 Å². The van der Waals surface area contributed by atoms with Gasteiger partial charge in [0.2, 0.25) is 0 Å². The lowest BCUT2D eigenvalue weighted by atomic mass is 9.95. The van der Waals surface area contributed by atoms with Gasteiger partial charge in [-0.25, -0.2) is 0 Å². The Kier molecular flexibility index (Phi) is 10.4. The molecule has 0 saturated heterocycles. The molecule has 0 radical (unpaired) electrons. The predicted molar refractivity (Wildman–Crippen MR) is 173 cm³/mol. The summed E-state index contributed by atoms with van der Waals surface area (Å²) >= 11 is 0. The first-order valence-corrected chi connectivity index (χ1v) is 15.2. The van der Waals surface area contributed by atoms with E-state index in [9.17, 15) is 0 Å². The van der Waals surface area contributed by atoms with Crippen molar-refractivity contribution in [3.8, 4) is 0 Å². The summed E-state index contributed by atoms with van der Waals surface area (Å²) in [6, 6.07) is 39.1. The molecule has 4 heteroatoms. The molecule has 208 valence electrons. The second kappa shape index (κ2) is 15.0. The lowest BCUT2D eigenvalue weighted by molar-refractivity contribution is 0.463. The van der Waals surface area contributed by atoms with Crippen LogP contribution in [0, 0.1) is 0 Å². The highest BCUT2D eigenvalue weighted by molar-refractivity contribution is 5.63. The van der Waals surface area contributed by atoms with E-state index in [1.54, 1.807) is 0 Å². The van der Waals surface area contributed by atoms with Crippen molar-refractivity contribution in [3.63, 3.8) is 0 Å². The van der Waals surface area contributed by atoms with Gasteiger partial charge in [0.15, 0.2) is 0 Å². The van der Waals surface area contributed by atoms with Crippen molar-refractivity contribution in [2.75, 3.05) is 21.3 Å². The number of hydrogen-bond acceptors (Lipinski definition) is 4. The molecule has 0 heterocycles. The minimum Gasteiger partial charge on any atom is -0.382 e. The summed E-state index contributed by atoms with van der Waals surface area (Å²) in [5.74, 6) is 0. The Morgan fingerprint density at radius 1 is 0.325 bits per heavy atom. The molecule has 40 heavy (non-hydrogen) atoms. The van der Waals surface area contributed by atoms with Gasteiger partial charge in [0.1, 0.15) is 0 Å². The van der Waals surface area contributed by atoms with Gasteiger partial charge in [0, 0.05) is 46.2 Å². The third kappa shape index (κ3) is 9.08. The molecular weight excluding hydrogens is 488 g/mol. The Hall–Kier alpha value is -3.92. The fourth-order valence-electron chi connectivity index (χ4n) is 5.64. The second-order valence-corrected chi connectivity index (χ2v) is 11.1. The highest BCUT2D eigenvalue weighted by Gasteiger charge is 2.13. The van der Waals surface area contributed by atoms with Crippen molar-refractivity contribution < 1.29 is 0 Å². The molecule has 0 spiro atoms. The van der Waals surface area contributed by atoms with Gasteiger partial charge in [0.05, 0.1) is 0 Å². The van der Waals surface area contributed by atoms with Gasteiger partial charge in [-0.1, -0.05) is 74.9 Å². The number of para-hydroxylation sites is 2. The first kappa shape index (κ1) is 27.6. The Morgan fingerprint density at radius 2 is 0.625 bits per heavy atom. The third-order valence-electron chi connectivity index (χ3n) is 7.85. The maximum Gasteiger partial charge on any atom is 0.0385 e. The van der Waals surface area contributed by atoms with Crippen molar-refractivity contribution in [2.24, 2.45) is 0 Å². The molecule has 4 aromatic rings. The summed E-state index contributed by atoms with van der Waals surface area (Å²) in [7, 11) is 0. The first-order chi connectivity index (χ1) is 19.8. The molecule has 0 bridgehead atoms. The molecule has 2 aliphatic rings. The van der Waals surface area contributed by atoms with E-state index < -0.39 is 0 Å². The third-order valence-corrected chi connectivity index (χ3v) is 7.85. The van der Waals surface area contributed by atoms with Crippen LogP contribution in [0.5, 0.6) is 0 Å². The van der Waals surface area contributed by atoms with Crippen LogP contribution in [0.1, 0.15) is 64.2 Å². The van der Waals surface area contributed by atoms with Crippen LogP contribution in [0.25, 0.3) is 0 Å². The van der Waals surface area contributed by atoms with Crippen molar-refractivity contribution in [1.82, 2.24) is 0 Å². The van der Waals surface area contributed by atoms with Gasteiger partial charge in [-0.15, -0.1) is 0 Å². The molecule has 0 unspecified atom stereocenters. The SMILES string of the molecule is c1ccc(Nc2ccc(NC3CCCCC3)cc2)cc1.c1ccc(Nc2ccc(NC3CCCCC3)cc2)cc1. The fourth-order valence-corrected chi connectivity index (χ4v) is 5.64. The molecule has 2 aliphatic carbocycles. The smallest absolute Gasteiger partial charge is 0.0385 e. The van der Waals surface area contributed by atoms with E-state index in [0.29, 0.717) is 12.1 Å². The quantitative estimate of drug-likeness (QED) is 0.182. The minimum atomic E-state index is 0.664. The predicted octanol–water partition coefficient (Wildman–Crippen LogP) is 10.3. The summed E-state index contributed by atoms with van der Waals surface area (Å²) in [6.45, 7) is 0. The minimum absolute atomic E-state index is 0.664. The van der Waals surface area contributed by atoms with E-state index >= 15 is 0 Å². The van der Waals surface area contributed by atoms with E-state index in [-0.39, 0.29) is 0 Å². The number of nitrogens with one attached hydrogen (secondary N) is 4. The van der Waals surface area contributed by atoms with E-state index in [1.165, 1.54) is 75.6 Å². The topological polar surface area (TPSA) is 48.1 Å². The average molecular weight is 533 g/mol. The molecule has 0 aliphatic heterocycles. The van der Waals surface area contributed by atoms with E-state index in [2.05, 4.69) is 94.1 Å². The number of benzene rings is 4. The van der Waals surface area contributed by atoms with Crippen LogP contribution in [-0.4, -0.2) is 12.1 Å². The van der Waals surface area contributed by atoms with Crippen LogP contribution in [-0.2, 0) is 0 Å². The summed E-state index contributed by atoms with van der Waals surface area (Å²) in [6.07, 6.45) is 13.5. The molecule has 0 atom stereocenters. The summed E-state index contributed by atoms with van der Waals surface area (Å²) in [5.41, 5.74) is 6.97. The summed E-state index contributed by atoms with van der Waals surface area (Å²) in [4.78, 5) is 0. The highest BCUT2D eigenvalue weighted by Crippen LogP contribution is 2.25. The second-order valence-electron chi connectivity index (χ2n) is 11.1. The van der Waals surface area contributed by atoms with Crippen LogP contribution in [0.3, 0.4) is 0 Å². The van der Waals surface area contributed by atoms with Crippen molar-refractivity contribution in [3.05, 3.63) is 109 Å². The van der Waals surface area contributed by atoms with E-state index in [1.807, 2.05) is 36.4 Å². The maximum atomic E-state index is 3.64. The monoisotopic (exact) mass is 532 g/mol. The maximum absolute atomic E-state index is 3.64. The summed E-state index contributed by atoms with van der Waals surface area (Å²) < 4.78 is 0. The van der Waals surface area contributed by atoms with Gasteiger partial charge >= 0.3 is 0 Å². The van der Waals surface area contributed by atoms with Gasteiger partial charge in [-0.2, -0.15) is 0 Å². The molecule has 0 aromatic heterocycles. The standard InChI is InChI=1S/2C18H22N2/c2*1-3-7-15(8-4-1)19-17-11-13-18(14-12-17)20-16-9-5-2-6-10-16/h2*1,3-4,7-8,11-14,16,19-20H,2,5-6,9-10H2. The Balaban J connectivity index is 0.000000161. The molecule has 4 N–H and O–H groups in total. The van der Waals surface area contributed by atoms with Crippen LogP contribution >= 0.6 is 0 Å². The lowest BCUT2D eigenvalue weighted by Crippen LogP contribution is -2.22. The Labute approximate surface area is 240 Å². The van der Waals surface area contributed by atoms with Crippen LogP contribution in [0.2, 0.25) is 0 Å². The molecule has 0 amide bonds. The molecule has 2 fully saturated rings. The lowest BCUT2D eigenvalue weighted by Gasteiger charge is -2.24. The normalized spacial score (nSPS) is 15.8. The Morgan fingerprint density at radius 3 is 0.975 bits per heavy atom. The average Bonchev–Trinajstić information content (AvgIpc) is 3.02. The number of hydrogen-bond donors (Lipinski definition) is 4. The van der Waals surface area contributed by atoms with E-state index in [0.717, 1.165) is 22.7 Å². The number of rotatable bonds is 8. The van der Waals surface area contributed by atoms with Crippen LogP contribution in [0.4, 0.5) is 34.1 Å². The van der Waals surface area contributed by atoms with Gasteiger partial charge in [-0.05, 0) is 98.5 Å². The fraction of sp³-hybridized carbons (Fsp3) is 0.333. The molecular formula is C36H44N4. The first-order valence-electron chi connectivity index (χ1n) is 15.2. The number of anilines is 6. The van der Waals surface area contributed by atoms with Crippen molar-refractivity contribution in [1.29, 1.82) is 0 Å². The van der Waals surface area contributed by atoms with E-state index in [4.69, 9.17) is 0 Å². The zero-order chi connectivity index (χ0) is 27.2. The molecule has 6 rings (SSSR count). The summed E-state index contributed by atoms with van der Waals surface area (Å²) in [5, 5.41) is 14.1. The highest BCUT2D eigenvalue weighted by atomic mass is 14.9. The Bertz CT molecular complexity index is 1130. The largest absolute Gasteiger partial charge is 0.382 e. The van der Waals surface area contributed by atoms with Gasteiger partial charge < -0.3 is 21.3 Å². The molecule has 4 aromatic carbocycles. The van der Waals surface area contributed by atoms with Gasteiger partial charge in [0.25, 0.3) is 0 Å². The van der Waals surface area contributed by atoms with Crippen LogP contribution in [0.15, 0.2) is 109 Å². The zero-order valence-electron chi connectivity index (χ0n) is 23.6. The molecule has 4 nitrogen and oxygen atoms in total. The van der Waals surface area contributed by atoms with Crippen LogP contribution < -0.4 is 21.3 Å². The van der Waals surface area contributed by atoms with Crippen molar-refractivity contribution in [2.45, 2.75) is 76.3 Å². The molecule has 2 saturated carbocycles. The zero-order valence-corrected chi connectivity index (χ0v) is 23.6.